The molecule has 0 saturated carbocycles. The highest BCUT2D eigenvalue weighted by molar-refractivity contribution is 7.92. The van der Waals surface area contributed by atoms with Gasteiger partial charge in [0, 0.05) is 13.6 Å². The van der Waals surface area contributed by atoms with Crippen LogP contribution >= 0.6 is 23.2 Å². The topological polar surface area (TPSA) is 86.8 Å². The minimum absolute atomic E-state index is 0.0235. The van der Waals surface area contributed by atoms with Gasteiger partial charge in [-0.1, -0.05) is 53.0 Å². The minimum Gasteiger partial charge on any atom is -0.357 e. The van der Waals surface area contributed by atoms with Crippen molar-refractivity contribution in [2.24, 2.45) is 0 Å². The lowest BCUT2D eigenvalue weighted by atomic mass is 10.1. The van der Waals surface area contributed by atoms with Crippen molar-refractivity contribution in [2.45, 2.75) is 45.2 Å². The van der Waals surface area contributed by atoms with E-state index >= 15 is 0 Å². The molecule has 2 amide bonds. The number of halogens is 2. The maximum Gasteiger partial charge on any atom is 0.264 e. The second kappa shape index (κ2) is 12.2. The number of anilines is 1. The largest absolute Gasteiger partial charge is 0.357 e. The van der Waals surface area contributed by atoms with Crippen LogP contribution in [0.3, 0.4) is 0 Å². The van der Waals surface area contributed by atoms with Crippen LogP contribution in [0.4, 0.5) is 5.69 Å². The number of nitrogens with zero attached hydrogens (tertiary/aromatic N) is 2. The molecule has 0 aliphatic carbocycles. The number of benzene rings is 3. The molecule has 0 spiro atoms. The van der Waals surface area contributed by atoms with Crippen LogP contribution in [0.5, 0.6) is 0 Å². The lowest BCUT2D eigenvalue weighted by molar-refractivity contribution is -0.139. The van der Waals surface area contributed by atoms with Gasteiger partial charge in [-0.25, -0.2) is 8.42 Å². The van der Waals surface area contributed by atoms with E-state index in [2.05, 4.69) is 5.32 Å². The quantitative estimate of drug-likeness (QED) is 0.376. The van der Waals surface area contributed by atoms with Gasteiger partial charge in [0.1, 0.15) is 12.6 Å². The molecule has 0 saturated heterocycles. The Morgan fingerprint density at radius 1 is 0.895 bits per heavy atom. The fourth-order valence-electron chi connectivity index (χ4n) is 3.87. The standard InChI is InChI=1S/C28H31Cl2N3O4S/c1-18-6-11-24(12-7-18)38(36,37)33(23-10-8-19(2)20(3)14-23)17-27(34)32(21(4)28(35)31-5)16-22-9-13-25(29)26(30)15-22/h6-15,21H,16-17H2,1-5H3,(H,31,35)/t21-/m0/s1. The first-order valence-corrected chi connectivity index (χ1v) is 14.2. The molecule has 0 aliphatic rings. The number of likely N-dealkylation sites (N-methyl/N-ethyl adjacent to an activating group) is 1. The van der Waals surface area contributed by atoms with Crippen LogP contribution in [0.2, 0.25) is 10.0 Å². The fourth-order valence-corrected chi connectivity index (χ4v) is 5.60. The predicted molar refractivity (Wildman–Crippen MR) is 152 cm³/mol. The zero-order valence-electron chi connectivity index (χ0n) is 22.0. The molecule has 202 valence electrons. The number of hydrogen-bond donors (Lipinski definition) is 1. The summed E-state index contributed by atoms with van der Waals surface area (Å²) in [6.45, 7) is 6.76. The lowest BCUT2D eigenvalue weighted by Crippen LogP contribution is -2.50. The van der Waals surface area contributed by atoms with Crippen molar-refractivity contribution in [3.05, 3.63) is 93.0 Å². The summed E-state index contributed by atoms with van der Waals surface area (Å²) in [6.07, 6.45) is 0. The van der Waals surface area contributed by atoms with Gasteiger partial charge in [0.25, 0.3) is 10.0 Å². The van der Waals surface area contributed by atoms with Crippen molar-refractivity contribution in [3.63, 3.8) is 0 Å². The van der Waals surface area contributed by atoms with E-state index in [1.165, 1.54) is 24.1 Å². The number of hydrogen-bond acceptors (Lipinski definition) is 4. The van der Waals surface area contributed by atoms with Crippen LogP contribution in [0.15, 0.2) is 65.6 Å². The van der Waals surface area contributed by atoms with Gasteiger partial charge in [-0.3, -0.25) is 13.9 Å². The van der Waals surface area contributed by atoms with E-state index < -0.39 is 34.4 Å². The van der Waals surface area contributed by atoms with Crippen molar-refractivity contribution < 1.29 is 18.0 Å². The molecule has 3 rings (SSSR count). The highest BCUT2D eigenvalue weighted by Gasteiger charge is 2.32. The van der Waals surface area contributed by atoms with Crippen LogP contribution in [0, 0.1) is 20.8 Å². The number of rotatable bonds is 9. The monoisotopic (exact) mass is 575 g/mol. The van der Waals surface area contributed by atoms with E-state index in [0.29, 0.717) is 21.3 Å². The first-order valence-electron chi connectivity index (χ1n) is 12.0. The Morgan fingerprint density at radius 2 is 1.55 bits per heavy atom. The summed E-state index contributed by atoms with van der Waals surface area (Å²) in [5.41, 5.74) is 3.77. The van der Waals surface area contributed by atoms with Crippen LogP contribution in [0.1, 0.15) is 29.2 Å². The molecule has 0 fully saturated rings. The summed E-state index contributed by atoms with van der Waals surface area (Å²) in [5.74, 6) is -0.946. The van der Waals surface area contributed by atoms with Crippen LogP contribution in [-0.4, -0.2) is 44.8 Å². The molecule has 0 bridgehead atoms. The first kappa shape index (κ1) is 29.5. The second-order valence-electron chi connectivity index (χ2n) is 9.15. The van der Waals surface area contributed by atoms with E-state index in [9.17, 15) is 18.0 Å². The Hall–Kier alpha value is -3.07. The molecule has 7 nitrogen and oxygen atoms in total. The van der Waals surface area contributed by atoms with Crippen molar-refractivity contribution in [1.82, 2.24) is 10.2 Å². The summed E-state index contributed by atoms with van der Waals surface area (Å²) in [4.78, 5) is 27.8. The molecule has 10 heteroatoms. The number of aryl methyl sites for hydroxylation is 3. The molecule has 3 aromatic rings. The SMILES string of the molecule is CNC(=O)[C@H](C)N(Cc1ccc(Cl)c(Cl)c1)C(=O)CN(c1ccc(C)c(C)c1)S(=O)(=O)c1ccc(C)cc1. The number of amides is 2. The van der Waals surface area contributed by atoms with Gasteiger partial charge in [-0.15, -0.1) is 0 Å². The Balaban J connectivity index is 2.06. The normalized spacial score (nSPS) is 12.1. The average molecular weight is 577 g/mol. The zero-order valence-corrected chi connectivity index (χ0v) is 24.3. The molecule has 0 unspecified atom stereocenters. The van der Waals surface area contributed by atoms with Crippen LogP contribution in [-0.2, 0) is 26.2 Å². The third-order valence-corrected chi connectivity index (χ3v) is 8.94. The first-order chi connectivity index (χ1) is 17.8. The Morgan fingerprint density at radius 3 is 2.13 bits per heavy atom. The molecule has 0 radical (unpaired) electrons. The second-order valence-corrected chi connectivity index (χ2v) is 11.8. The van der Waals surface area contributed by atoms with E-state index in [4.69, 9.17) is 23.2 Å². The smallest absolute Gasteiger partial charge is 0.264 e. The van der Waals surface area contributed by atoms with Gasteiger partial charge < -0.3 is 10.2 Å². The number of sulfonamides is 1. The van der Waals surface area contributed by atoms with Crippen molar-refractivity contribution in [2.75, 3.05) is 17.9 Å². The molecular weight excluding hydrogens is 545 g/mol. The number of carbonyl (C=O) groups is 2. The predicted octanol–water partition coefficient (Wildman–Crippen LogP) is 5.28. The van der Waals surface area contributed by atoms with Crippen LogP contribution in [0.25, 0.3) is 0 Å². The van der Waals surface area contributed by atoms with Crippen LogP contribution < -0.4 is 9.62 Å². The Labute approximate surface area is 234 Å². The van der Waals surface area contributed by atoms with E-state index in [0.717, 1.165) is 21.0 Å². The maximum atomic E-state index is 13.8. The van der Waals surface area contributed by atoms with Gasteiger partial charge >= 0.3 is 0 Å². The molecule has 3 aromatic carbocycles. The highest BCUT2D eigenvalue weighted by atomic mass is 35.5. The zero-order chi connectivity index (χ0) is 28.2. The van der Waals surface area contributed by atoms with Gasteiger partial charge in [0.15, 0.2) is 0 Å². The number of carbonyl (C=O) groups excluding carboxylic acids is 2. The maximum absolute atomic E-state index is 13.8. The van der Waals surface area contributed by atoms with E-state index in [1.807, 2.05) is 26.8 Å². The molecular formula is C28H31Cl2N3O4S. The molecule has 0 aliphatic heterocycles. The summed E-state index contributed by atoms with van der Waals surface area (Å²) in [6, 6.07) is 15.7. The third-order valence-electron chi connectivity index (χ3n) is 6.42. The Kier molecular flexibility index (Phi) is 9.46. The van der Waals surface area contributed by atoms with Gasteiger partial charge in [-0.05, 0) is 80.8 Å². The van der Waals surface area contributed by atoms with Crippen molar-refractivity contribution in [3.8, 4) is 0 Å². The average Bonchev–Trinajstić information content (AvgIpc) is 2.88. The van der Waals surface area contributed by atoms with Gasteiger partial charge in [-0.2, -0.15) is 0 Å². The van der Waals surface area contributed by atoms with E-state index in [-0.39, 0.29) is 11.4 Å². The van der Waals surface area contributed by atoms with Crippen molar-refractivity contribution in [1.29, 1.82) is 0 Å². The minimum atomic E-state index is -4.12. The summed E-state index contributed by atoms with van der Waals surface area (Å²) in [5, 5.41) is 3.22. The summed E-state index contributed by atoms with van der Waals surface area (Å²) < 4.78 is 28.8. The molecule has 38 heavy (non-hydrogen) atoms. The lowest BCUT2D eigenvalue weighted by Gasteiger charge is -2.32. The number of nitrogens with one attached hydrogen (secondary N) is 1. The Bertz CT molecular complexity index is 1440. The molecule has 1 N–H and O–H groups in total. The molecule has 1 atom stereocenters. The summed E-state index contributed by atoms with van der Waals surface area (Å²) in [7, 11) is -2.64. The van der Waals surface area contributed by atoms with Crippen molar-refractivity contribution >= 4 is 50.7 Å². The third kappa shape index (κ3) is 6.67. The van der Waals surface area contributed by atoms with E-state index in [1.54, 1.807) is 49.4 Å². The summed E-state index contributed by atoms with van der Waals surface area (Å²) >= 11 is 12.2. The van der Waals surface area contributed by atoms with Gasteiger partial charge in [0.2, 0.25) is 11.8 Å². The highest BCUT2D eigenvalue weighted by Crippen LogP contribution is 2.27. The van der Waals surface area contributed by atoms with Gasteiger partial charge in [0.05, 0.1) is 20.6 Å². The molecule has 0 aromatic heterocycles. The fraction of sp³-hybridized carbons (Fsp3) is 0.286. The molecule has 0 heterocycles.